The lowest BCUT2D eigenvalue weighted by molar-refractivity contribution is -0.117. The van der Waals surface area contributed by atoms with Gasteiger partial charge in [0, 0.05) is 13.7 Å². The Labute approximate surface area is 118 Å². The fourth-order valence-corrected chi connectivity index (χ4v) is 2.21. The predicted molar refractivity (Wildman–Crippen MR) is 76.7 cm³/mol. The van der Waals surface area contributed by atoms with E-state index in [-0.39, 0.29) is 25.1 Å². The number of nitrogens with zero attached hydrogens (tertiary/aromatic N) is 1. The number of amides is 1. The molecule has 0 unspecified atom stereocenters. The van der Waals surface area contributed by atoms with Crippen LogP contribution in [0.2, 0.25) is 0 Å². The highest BCUT2D eigenvalue weighted by atomic mass is 35.5. The first-order valence-electron chi connectivity index (χ1n) is 6.26. The predicted octanol–water partition coefficient (Wildman–Crippen LogP) is 1.96. The molecule has 0 heterocycles. The lowest BCUT2D eigenvalue weighted by Crippen LogP contribution is -2.35. The minimum absolute atomic E-state index is 0.0378. The second-order valence-corrected chi connectivity index (χ2v) is 4.39. The van der Waals surface area contributed by atoms with Crippen molar-refractivity contribution in [2.24, 2.45) is 0 Å². The quantitative estimate of drug-likeness (QED) is 0.615. The second-order valence-electron chi connectivity index (χ2n) is 4.13. The number of methoxy groups -OCH3 is 1. The van der Waals surface area contributed by atoms with E-state index < -0.39 is 0 Å². The molecule has 1 aromatic carbocycles. The van der Waals surface area contributed by atoms with E-state index in [1.165, 1.54) is 12.0 Å². The van der Waals surface area contributed by atoms with Crippen LogP contribution in [0.5, 0.6) is 0 Å². The van der Waals surface area contributed by atoms with Gasteiger partial charge < -0.3 is 9.84 Å². The first kappa shape index (κ1) is 16.0. The van der Waals surface area contributed by atoms with Crippen LogP contribution in [0.25, 0.3) is 0 Å². The highest BCUT2D eigenvalue weighted by Crippen LogP contribution is 2.27. The molecular formula is C14H20ClNO3. The minimum atomic E-state index is -0.205. The number of hydrogen-bond donors (Lipinski definition) is 1. The fraction of sp³-hybridized carbons (Fsp3) is 0.500. The van der Waals surface area contributed by atoms with E-state index in [0.29, 0.717) is 6.42 Å². The van der Waals surface area contributed by atoms with Crippen molar-refractivity contribution in [3.63, 3.8) is 0 Å². The Kier molecular flexibility index (Phi) is 6.84. The van der Waals surface area contributed by atoms with Crippen LogP contribution < -0.4 is 4.90 Å². The number of aliphatic hydroxyl groups excluding tert-OH is 1. The van der Waals surface area contributed by atoms with Crippen LogP contribution in [0.15, 0.2) is 18.2 Å². The van der Waals surface area contributed by atoms with Crippen molar-refractivity contribution < 1.29 is 14.6 Å². The third kappa shape index (κ3) is 3.93. The van der Waals surface area contributed by atoms with Gasteiger partial charge in [0.1, 0.15) is 12.6 Å². The topological polar surface area (TPSA) is 49.8 Å². The molecule has 1 rings (SSSR count). The number of anilines is 1. The van der Waals surface area contributed by atoms with E-state index in [1.807, 2.05) is 25.1 Å². The Morgan fingerprint density at radius 2 is 2.11 bits per heavy atom. The normalized spacial score (nSPS) is 10.5. The molecule has 1 N–H and O–H groups in total. The minimum Gasteiger partial charge on any atom is -0.396 e. The lowest BCUT2D eigenvalue weighted by Gasteiger charge is -2.26. The van der Waals surface area contributed by atoms with Gasteiger partial charge in [-0.3, -0.25) is 9.69 Å². The summed E-state index contributed by atoms with van der Waals surface area (Å²) in [5.41, 5.74) is 2.78. The molecule has 0 bridgehead atoms. The number of alkyl halides is 1. The van der Waals surface area contributed by atoms with E-state index >= 15 is 0 Å². The number of carbonyl (C=O) groups is 1. The molecule has 0 spiro atoms. The Morgan fingerprint density at radius 3 is 2.63 bits per heavy atom. The van der Waals surface area contributed by atoms with Gasteiger partial charge in [0.2, 0.25) is 5.91 Å². The zero-order valence-corrected chi connectivity index (χ0v) is 12.1. The number of aryl methyl sites for hydroxylation is 1. The number of rotatable bonds is 7. The van der Waals surface area contributed by atoms with Crippen LogP contribution >= 0.6 is 11.6 Å². The monoisotopic (exact) mass is 285 g/mol. The van der Waals surface area contributed by atoms with Crippen molar-refractivity contribution in [1.82, 2.24) is 0 Å². The van der Waals surface area contributed by atoms with Crippen molar-refractivity contribution in [2.75, 3.05) is 31.2 Å². The number of hydrogen-bond acceptors (Lipinski definition) is 3. The Morgan fingerprint density at radius 1 is 1.42 bits per heavy atom. The number of halogens is 1. The van der Waals surface area contributed by atoms with Crippen molar-refractivity contribution in [3.8, 4) is 0 Å². The largest absolute Gasteiger partial charge is 0.396 e. The van der Waals surface area contributed by atoms with Gasteiger partial charge >= 0.3 is 0 Å². The smallest absolute Gasteiger partial charge is 0.243 e. The first-order valence-corrected chi connectivity index (χ1v) is 6.79. The fourth-order valence-electron chi connectivity index (χ4n) is 2.06. The van der Waals surface area contributed by atoms with E-state index in [2.05, 4.69) is 0 Å². The average Bonchev–Trinajstić information content (AvgIpc) is 2.44. The molecule has 0 aliphatic rings. The molecule has 1 amide bonds. The van der Waals surface area contributed by atoms with Gasteiger partial charge in [-0.1, -0.05) is 25.1 Å². The van der Waals surface area contributed by atoms with E-state index in [9.17, 15) is 4.79 Å². The molecular weight excluding hydrogens is 266 g/mol. The number of ether oxygens (including phenoxy) is 1. The van der Waals surface area contributed by atoms with E-state index in [4.69, 9.17) is 21.4 Å². The number of benzene rings is 1. The molecule has 0 radical (unpaired) electrons. The third-order valence-electron chi connectivity index (χ3n) is 2.91. The molecule has 4 nitrogen and oxygen atoms in total. The number of aliphatic hydroxyl groups is 1. The maximum absolute atomic E-state index is 12.0. The summed E-state index contributed by atoms with van der Waals surface area (Å²) in [7, 11) is 1.54. The molecule has 0 aliphatic carbocycles. The van der Waals surface area contributed by atoms with Crippen LogP contribution in [0, 0.1) is 0 Å². The van der Waals surface area contributed by atoms with Crippen molar-refractivity contribution in [3.05, 3.63) is 29.3 Å². The zero-order chi connectivity index (χ0) is 14.3. The maximum Gasteiger partial charge on any atom is 0.243 e. The summed E-state index contributed by atoms with van der Waals surface area (Å²) in [5.74, 6) is -0.302. The molecule has 0 atom stereocenters. The molecule has 5 heteroatoms. The SMILES string of the molecule is CCc1cccc(CCO)c1N(COC)C(=O)CCl. The standard InChI is InChI=1S/C14H20ClNO3/c1-3-11-5-4-6-12(7-8-17)14(11)16(10-19-2)13(18)9-15/h4-6,17H,3,7-10H2,1-2H3. The molecule has 0 saturated carbocycles. The summed E-state index contributed by atoms with van der Waals surface area (Å²) in [6, 6.07) is 5.82. The number of para-hydroxylation sites is 1. The molecule has 0 saturated heterocycles. The Balaban J connectivity index is 3.28. The number of carbonyl (C=O) groups excluding carboxylic acids is 1. The summed E-state index contributed by atoms with van der Waals surface area (Å²) >= 11 is 5.66. The van der Waals surface area contributed by atoms with Gasteiger partial charge in [-0.05, 0) is 24.0 Å². The van der Waals surface area contributed by atoms with Gasteiger partial charge in [0.05, 0.1) is 5.69 Å². The second kappa shape index (κ2) is 8.15. The molecule has 19 heavy (non-hydrogen) atoms. The summed E-state index contributed by atoms with van der Waals surface area (Å²) in [5, 5.41) is 9.15. The van der Waals surface area contributed by atoms with Crippen LogP contribution in [0.3, 0.4) is 0 Å². The molecule has 0 fully saturated rings. The summed E-state index contributed by atoms with van der Waals surface area (Å²) in [4.78, 5) is 13.5. The first-order chi connectivity index (χ1) is 9.19. The van der Waals surface area contributed by atoms with E-state index in [0.717, 1.165) is 23.2 Å². The van der Waals surface area contributed by atoms with Crippen LogP contribution in [-0.4, -0.2) is 37.3 Å². The maximum atomic E-state index is 12.0. The van der Waals surface area contributed by atoms with Gasteiger partial charge in [0.15, 0.2) is 0 Å². The van der Waals surface area contributed by atoms with Crippen LogP contribution in [0.1, 0.15) is 18.1 Å². The zero-order valence-electron chi connectivity index (χ0n) is 11.4. The van der Waals surface area contributed by atoms with Crippen molar-refractivity contribution >= 4 is 23.2 Å². The molecule has 0 aromatic heterocycles. The van der Waals surface area contributed by atoms with Crippen molar-refractivity contribution in [2.45, 2.75) is 19.8 Å². The third-order valence-corrected chi connectivity index (χ3v) is 3.14. The van der Waals surface area contributed by atoms with Crippen LogP contribution in [-0.2, 0) is 22.4 Å². The lowest BCUT2D eigenvalue weighted by atomic mass is 10.0. The molecule has 0 aliphatic heterocycles. The summed E-state index contributed by atoms with van der Waals surface area (Å²) in [6.07, 6.45) is 1.29. The average molecular weight is 286 g/mol. The highest BCUT2D eigenvalue weighted by Gasteiger charge is 2.20. The van der Waals surface area contributed by atoms with Gasteiger partial charge in [0.25, 0.3) is 0 Å². The molecule has 1 aromatic rings. The Bertz CT molecular complexity index is 423. The van der Waals surface area contributed by atoms with Crippen molar-refractivity contribution in [1.29, 1.82) is 0 Å². The Hall–Kier alpha value is -1.10. The summed E-state index contributed by atoms with van der Waals surface area (Å²) < 4.78 is 5.10. The summed E-state index contributed by atoms with van der Waals surface area (Å²) in [6.45, 7) is 2.22. The van der Waals surface area contributed by atoms with Crippen LogP contribution in [0.4, 0.5) is 5.69 Å². The van der Waals surface area contributed by atoms with E-state index in [1.54, 1.807) is 0 Å². The van der Waals surface area contributed by atoms with Gasteiger partial charge in [-0.25, -0.2) is 0 Å². The molecule has 106 valence electrons. The highest BCUT2D eigenvalue weighted by molar-refractivity contribution is 6.29. The van der Waals surface area contributed by atoms with Gasteiger partial charge in [-0.2, -0.15) is 0 Å². The van der Waals surface area contributed by atoms with Gasteiger partial charge in [-0.15, -0.1) is 11.6 Å².